The van der Waals surface area contributed by atoms with E-state index >= 15 is 0 Å². The van der Waals surface area contributed by atoms with Gasteiger partial charge in [-0.3, -0.25) is 14.4 Å². The lowest BCUT2D eigenvalue weighted by Gasteiger charge is -2.18. The maximum absolute atomic E-state index is 12.8. The molecule has 0 aromatic rings. The number of esters is 3. The molecule has 1 atom stereocenters. The van der Waals surface area contributed by atoms with Gasteiger partial charge in [-0.15, -0.1) is 0 Å². The molecule has 0 saturated heterocycles. The van der Waals surface area contributed by atoms with Crippen molar-refractivity contribution in [2.24, 2.45) is 0 Å². The lowest BCUT2D eigenvalue weighted by Crippen LogP contribution is -2.30. The van der Waals surface area contributed by atoms with E-state index in [1.165, 1.54) is 128 Å². The molecule has 6 nitrogen and oxygen atoms in total. The Balaban J connectivity index is 4.10. The number of unbranched alkanes of at least 4 members (excludes halogenated alkanes) is 27. The van der Waals surface area contributed by atoms with E-state index in [2.05, 4.69) is 106 Å². The van der Waals surface area contributed by atoms with Gasteiger partial charge in [-0.05, 0) is 77.0 Å². The van der Waals surface area contributed by atoms with Gasteiger partial charge in [-0.1, -0.05) is 266 Å². The van der Waals surface area contributed by atoms with Crippen LogP contribution in [0.5, 0.6) is 0 Å². The van der Waals surface area contributed by atoms with Crippen LogP contribution >= 0.6 is 0 Å². The molecule has 0 spiro atoms. The van der Waals surface area contributed by atoms with Crippen molar-refractivity contribution in [3.63, 3.8) is 0 Å². The van der Waals surface area contributed by atoms with Crippen molar-refractivity contribution in [3.05, 3.63) is 85.1 Å². The maximum Gasteiger partial charge on any atom is 0.306 e. The van der Waals surface area contributed by atoms with Crippen molar-refractivity contribution in [1.29, 1.82) is 0 Å². The summed E-state index contributed by atoms with van der Waals surface area (Å²) in [5.74, 6) is -0.881. The molecule has 0 radical (unpaired) electrons. The van der Waals surface area contributed by atoms with E-state index in [1.807, 2.05) is 0 Å². The van der Waals surface area contributed by atoms with E-state index in [0.717, 1.165) is 109 Å². The van der Waals surface area contributed by atoms with Crippen LogP contribution in [-0.2, 0) is 28.6 Å². The van der Waals surface area contributed by atoms with Crippen LogP contribution in [0.15, 0.2) is 85.1 Å². The first kappa shape index (κ1) is 65.6. The molecule has 0 saturated carbocycles. The molecule has 0 rings (SSSR count). The lowest BCUT2D eigenvalue weighted by molar-refractivity contribution is -0.167. The molecule has 69 heavy (non-hydrogen) atoms. The molecule has 6 heteroatoms. The van der Waals surface area contributed by atoms with Crippen LogP contribution in [0.4, 0.5) is 0 Å². The third-order valence-electron chi connectivity index (χ3n) is 12.4. The van der Waals surface area contributed by atoms with Crippen molar-refractivity contribution >= 4 is 17.9 Å². The van der Waals surface area contributed by atoms with Gasteiger partial charge < -0.3 is 14.2 Å². The number of hydrogen-bond donors (Lipinski definition) is 0. The first-order valence-corrected chi connectivity index (χ1v) is 29.1. The van der Waals surface area contributed by atoms with Crippen molar-refractivity contribution < 1.29 is 28.6 Å². The van der Waals surface area contributed by atoms with Gasteiger partial charge in [-0.2, -0.15) is 0 Å². The van der Waals surface area contributed by atoms with E-state index in [1.54, 1.807) is 0 Å². The number of allylic oxidation sites excluding steroid dienone is 14. The molecular formula is C63H108O6. The van der Waals surface area contributed by atoms with Crippen LogP contribution in [0.3, 0.4) is 0 Å². The van der Waals surface area contributed by atoms with Crippen molar-refractivity contribution in [3.8, 4) is 0 Å². The second-order valence-corrected chi connectivity index (χ2v) is 19.2. The van der Waals surface area contributed by atoms with Gasteiger partial charge in [0.2, 0.25) is 0 Å². The van der Waals surface area contributed by atoms with Crippen LogP contribution in [-0.4, -0.2) is 37.2 Å². The topological polar surface area (TPSA) is 78.9 Å². The molecule has 0 N–H and O–H groups in total. The Morgan fingerprint density at radius 3 is 0.884 bits per heavy atom. The largest absolute Gasteiger partial charge is 0.462 e. The number of ether oxygens (including phenoxy) is 3. The molecule has 0 aromatic carbocycles. The number of carbonyl (C=O) groups is 3. The predicted molar refractivity (Wildman–Crippen MR) is 297 cm³/mol. The SMILES string of the molecule is CC/C=C\C/C=C\C/C=C\C/C=C\C/C=C\C/C=C\C/C=C\CCCCCCCCCCCC(=O)OCC(COC(=O)CCCCCCCCC)OC(=O)CCCCCCCCCCCCCCC. The third kappa shape index (κ3) is 55.4. The Kier molecular flexibility index (Phi) is 54.3. The second-order valence-electron chi connectivity index (χ2n) is 19.2. The summed E-state index contributed by atoms with van der Waals surface area (Å²) in [5, 5.41) is 0. The third-order valence-corrected chi connectivity index (χ3v) is 12.4. The fraction of sp³-hybridized carbons (Fsp3) is 0.730. The summed E-state index contributed by atoms with van der Waals surface area (Å²) in [6.45, 7) is 6.49. The second kappa shape index (κ2) is 57.2. The van der Waals surface area contributed by atoms with Gasteiger partial charge in [0.1, 0.15) is 13.2 Å². The van der Waals surface area contributed by atoms with E-state index in [4.69, 9.17) is 14.2 Å². The van der Waals surface area contributed by atoms with Crippen molar-refractivity contribution in [1.82, 2.24) is 0 Å². The molecule has 0 aromatic heterocycles. The minimum absolute atomic E-state index is 0.0747. The van der Waals surface area contributed by atoms with Crippen LogP contribution in [0.25, 0.3) is 0 Å². The van der Waals surface area contributed by atoms with Crippen LogP contribution in [0.1, 0.15) is 278 Å². The summed E-state index contributed by atoms with van der Waals surface area (Å²) in [5.41, 5.74) is 0. The summed E-state index contributed by atoms with van der Waals surface area (Å²) in [6, 6.07) is 0. The molecule has 0 aliphatic heterocycles. The molecule has 0 fully saturated rings. The highest BCUT2D eigenvalue weighted by atomic mass is 16.6. The molecular weight excluding hydrogens is 853 g/mol. The van der Waals surface area contributed by atoms with Crippen LogP contribution in [0, 0.1) is 0 Å². The van der Waals surface area contributed by atoms with E-state index in [0.29, 0.717) is 19.3 Å². The average molecular weight is 962 g/mol. The summed E-state index contributed by atoms with van der Waals surface area (Å²) in [6.07, 6.45) is 74.6. The minimum atomic E-state index is -0.772. The molecule has 0 aliphatic rings. The van der Waals surface area contributed by atoms with Gasteiger partial charge in [0, 0.05) is 19.3 Å². The highest BCUT2D eigenvalue weighted by molar-refractivity contribution is 5.71. The molecule has 396 valence electrons. The zero-order chi connectivity index (χ0) is 50.0. The van der Waals surface area contributed by atoms with E-state index < -0.39 is 6.10 Å². The van der Waals surface area contributed by atoms with Gasteiger partial charge in [-0.25, -0.2) is 0 Å². The number of rotatable bonds is 52. The zero-order valence-corrected chi connectivity index (χ0v) is 45.3. The summed E-state index contributed by atoms with van der Waals surface area (Å²) in [7, 11) is 0. The minimum Gasteiger partial charge on any atom is -0.462 e. The first-order valence-electron chi connectivity index (χ1n) is 29.1. The normalized spacial score (nSPS) is 12.7. The standard InChI is InChI=1S/C63H108O6/c1-4-7-10-13-16-18-20-22-23-24-25-26-27-28-29-30-31-32-33-34-35-36-37-38-39-41-42-44-47-50-53-56-62(65)68-59-60(58-67-61(64)55-52-49-46-15-12-9-6-3)69-63(66)57-54-51-48-45-43-40-21-19-17-14-11-8-5-2/h7,10,16,18,22-23,25-26,28-29,31-32,34-35,60H,4-6,8-9,11-15,17,19-21,24,27,30,33,36-59H2,1-3H3/b10-7-,18-16-,23-22-,26-25-,29-28-,32-31-,35-34-. The predicted octanol–water partition coefficient (Wildman–Crippen LogP) is 19.5. The summed E-state index contributed by atoms with van der Waals surface area (Å²) < 4.78 is 16.8. The molecule has 0 heterocycles. The highest BCUT2D eigenvalue weighted by Gasteiger charge is 2.19. The lowest BCUT2D eigenvalue weighted by atomic mass is 10.0. The number of hydrogen-bond acceptors (Lipinski definition) is 6. The van der Waals surface area contributed by atoms with Gasteiger partial charge in [0.15, 0.2) is 6.10 Å². The molecule has 0 amide bonds. The van der Waals surface area contributed by atoms with Crippen molar-refractivity contribution in [2.75, 3.05) is 13.2 Å². The average Bonchev–Trinajstić information content (AvgIpc) is 3.35. The Morgan fingerprint density at radius 1 is 0.304 bits per heavy atom. The maximum atomic E-state index is 12.8. The highest BCUT2D eigenvalue weighted by Crippen LogP contribution is 2.16. The first-order chi connectivity index (χ1) is 34.0. The smallest absolute Gasteiger partial charge is 0.306 e. The van der Waals surface area contributed by atoms with E-state index in [-0.39, 0.29) is 31.1 Å². The van der Waals surface area contributed by atoms with Crippen LogP contribution in [0.2, 0.25) is 0 Å². The van der Waals surface area contributed by atoms with Crippen molar-refractivity contribution in [2.45, 2.75) is 284 Å². The molecule has 1 unspecified atom stereocenters. The Morgan fingerprint density at radius 2 is 0.565 bits per heavy atom. The Hall–Kier alpha value is -3.41. The monoisotopic (exact) mass is 961 g/mol. The fourth-order valence-corrected chi connectivity index (χ4v) is 8.07. The van der Waals surface area contributed by atoms with Gasteiger partial charge in [0.05, 0.1) is 0 Å². The summed E-state index contributed by atoms with van der Waals surface area (Å²) >= 11 is 0. The van der Waals surface area contributed by atoms with Crippen LogP contribution < -0.4 is 0 Å². The molecule has 0 bridgehead atoms. The van der Waals surface area contributed by atoms with E-state index in [9.17, 15) is 14.4 Å². The van der Waals surface area contributed by atoms with Gasteiger partial charge >= 0.3 is 17.9 Å². The Bertz CT molecular complexity index is 1330. The quantitative estimate of drug-likeness (QED) is 0.0262. The Labute approximate surface area is 426 Å². The zero-order valence-electron chi connectivity index (χ0n) is 45.3. The number of carbonyl (C=O) groups excluding carboxylic acids is 3. The fourth-order valence-electron chi connectivity index (χ4n) is 8.07. The summed E-state index contributed by atoms with van der Waals surface area (Å²) in [4.78, 5) is 37.9. The van der Waals surface area contributed by atoms with Gasteiger partial charge in [0.25, 0.3) is 0 Å². The molecule has 0 aliphatic carbocycles.